The maximum atomic E-state index is 9.86. The lowest BCUT2D eigenvalue weighted by molar-refractivity contribution is 0.369. The van der Waals surface area contributed by atoms with Gasteiger partial charge in [-0.2, -0.15) is 5.10 Å². The summed E-state index contributed by atoms with van der Waals surface area (Å²) in [6.07, 6.45) is 1.71. The SMILES string of the molecule is COc1cccc(CNCc2ccn[nH]2)c1O. The topological polar surface area (TPSA) is 70.2 Å². The van der Waals surface area contributed by atoms with E-state index in [9.17, 15) is 5.11 Å². The second-order valence-electron chi connectivity index (χ2n) is 3.65. The molecule has 0 bridgehead atoms. The molecule has 0 fully saturated rings. The second kappa shape index (κ2) is 5.36. The summed E-state index contributed by atoms with van der Waals surface area (Å²) in [5.74, 6) is 0.679. The number of phenols is 1. The van der Waals surface area contributed by atoms with Crippen LogP contribution in [0.5, 0.6) is 11.5 Å². The fourth-order valence-corrected chi connectivity index (χ4v) is 1.59. The molecule has 0 saturated carbocycles. The van der Waals surface area contributed by atoms with E-state index in [4.69, 9.17) is 4.74 Å². The van der Waals surface area contributed by atoms with Crippen molar-refractivity contribution in [3.05, 3.63) is 41.7 Å². The predicted octanol–water partition coefficient (Wildman–Crippen LogP) is 1.41. The third-order valence-corrected chi connectivity index (χ3v) is 2.49. The summed E-state index contributed by atoms with van der Waals surface area (Å²) < 4.78 is 5.04. The monoisotopic (exact) mass is 233 g/mol. The lowest BCUT2D eigenvalue weighted by Crippen LogP contribution is -2.13. The van der Waals surface area contributed by atoms with Crippen LogP contribution in [0.2, 0.25) is 0 Å². The number of ether oxygens (including phenoxy) is 1. The summed E-state index contributed by atoms with van der Waals surface area (Å²) in [6, 6.07) is 7.34. The van der Waals surface area contributed by atoms with Crippen molar-refractivity contribution in [1.82, 2.24) is 15.5 Å². The first-order chi connectivity index (χ1) is 8.31. The number of aromatic hydroxyl groups is 1. The van der Waals surface area contributed by atoms with Gasteiger partial charge in [0.1, 0.15) is 0 Å². The van der Waals surface area contributed by atoms with Crippen LogP contribution >= 0.6 is 0 Å². The molecule has 2 rings (SSSR count). The third kappa shape index (κ3) is 2.76. The van der Waals surface area contributed by atoms with Gasteiger partial charge in [-0.25, -0.2) is 0 Å². The Bertz CT molecular complexity index is 469. The van der Waals surface area contributed by atoms with Crippen LogP contribution in [0.1, 0.15) is 11.3 Å². The van der Waals surface area contributed by atoms with Gasteiger partial charge in [0.2, 0.25) is 0 Å². The zero-order valence-corrected chi connectivity index (χ0v) is 9.60. The molecule has 1 aromatic carbocycles. The Labute approximate surface area is 99.4 Å². The average molecular weight is 233 g/mol. The van der Waals surface area contributed by atoms with E-state index in [1.54, 1.807) is 12.3 Å². The van der Waals surface area contributed by atoms with Gasteiger partial charge in [-0.1, -0.05) is 12.1 Å². The van der Waals surface area contributed by atoms with Crippen LogP contribution in [-0.4, -0.2) is 22.4 Å². The van der Waals surface area contributed by atoms with E-state index >= 15 is 0 Å². The molecule has 0 aliphatic heterocycles. The number of H-pyrrole nitrogens is 1. The van der Waals surface area contributed by atoms with Crippen LogP contribution in [0, 0.1) is 0 Å². The molecule has 90 valence electrons. The first-order valence-corrected chi connectivity index (χ1v) is 5.35. The highest BCUT2D eigenvalue weighted by Gasteiger charge is 2.06. The van der Waals surface area contributed by atoms with Gasteiger partial charge < -0.3 is 15.2 Å². The molecule has 0 amide bonds. The number of rotatable bonds is 5. The van der Waals surface area contributed by atoms with E-state index in [-0.39, 0.29) is 5.75 Å². The number of aromatic nitrogens is 2. The van der Waals surface area contributed by atoms with Crippen molar-refractivity contribution in [2.75, 3.05) is 7.11 Å². The average Bonchev–Trinajstić information content (AvgIpc) is 2.84. The summed E-state index contributed by atoms with van der Waals surface area (Å²) in [5.41, 5.74) is 1.82. The van der Waals surface area contributed by atoms with Gasteiger partial charge in [0.15, 0.2) is 11.5 Å². The first kappa shape index (κ1) is 11.5. The fraction of sp³-hybridized carbons (Fsp3) is 0.250. The Balaban J connectivity index is 1.95. The standard InChI is InChI=1S/C12H15N3O2/c1-17-11-4-2-3-9(12(11)16)7-13-8-10-5-6-14-15-10/h2-6,13,16H,7-8H2,1H3,(H,14,15). The molecule has 0 aliphatic carbocycles. The van der Waals surface area contributed by atoms with Gasteiger partial charge in [0, 0.05) is 30.5 Å². The molecule has 5 heteroatoms. The molecule has 3 N–H and O–H groups in total. The quantitative estimate of drug-likeness (QED) is 0.730. The number of aromatic amines is 1. The van der Waals surface area contributed by atoms with Crippen molar-refractivity contribution in [1.29, 1.82) is 0 Å². The lowest BCUT2D eigenvalue weighted by atomic mass is 10.2. The van der Waals surface area contributed by atoms with Crippen molar-refractivity contribution in [2.24, 2.45) is 0 Å². The molecule has 17 heavy (non-hydrogen) atoms. The number of hydrogen-bond donors (Lipinski definition) is 3. The third-order valence-electron chi connectivity index (χ3n) is 2.49. The van der Waals surface area contributed by atoms with Crippen LogP contribution in [0.3, 0.4) is 0 Å². The summed E-state index contributed by atoms with van der Waals surface area (Å²) in [6.45, 7) is 1.25. The summed E-state index contributed by atoms with van der Waals surface area (Å²) >= 11 is 0. The molecular weight excluding hydrogens is 218 g/mol. The highest BCUT2D eigenvalue weighted by atomic mass is 16.5. The highest BCUT2D eigenvalue weighted by Crippen LogP contribution is 2.29. The maximum absolute atomic E-state index is 9.86. The summed E-state index contributed by atoms with van der Waals surface area (Å²) in [7, 11) is 1.54. The van der Waals surface area contributed by atoms with Gasteiger partial charge in [-0.05, 0) is 12.1 Å². The van der Waals surface area contributed by atoms with Gasteiger partial charge in [0.05, 0.1) is 7.11 Å². The fourth-order valence-electron chi connectivity index (χ4n) is 1.59. The molecule has 0 saturated heterocycles. The number of nitrogens with zero attached hydrogens (tertiary/aromatic N) is 1. The Morgan fingerprint density at radius 3 is 2.94 bits per heavy atom. The number of nitrogens with one attached hydrogen (secondary N) is 2. The second-order valence-corrected chi connectivity index (χ2v) is 3.65. The van der Waals surface area contributed by atoms with Crippen LogP contribution in [-0.2, 0) is 13.1 Å². The minimum absolute atomic E-state index is 0.187. The smallest absolute Gasteiger partial charge is 0.162 e. The van der Waals surface area contributed by atoms with E-state index in [0.29, 0.717) is 18.8 Å². The highest BCUT2D eigenvalue weighted by molar-refractivity contribution is 5.45. The van der Waals surface area contributed by atoms with E-state index in [2.05, 4.69) is 15.5 Å². The van der Waals surface area contributed by atoms with Crippen LogP contribution in [0.15, 0.2) is 30.5 Å². The minimum atomic E-state index is 0.187. The molecule has 0 unspecified atom stereocenters. The van der Waals surface area contributed by atoms with Crippen molar-refractivity contribution in [3.8, 4) is 11.5 Å². The summed E-state index contributed by atoms with van der Waals surface area (Å²) in [5, 5.41) is 19.8. The maximum Gasteiger partial charge on any atom is 0.162 e. The van der Waals surface area contributed by atoms with Crippen LogP contribution in [0.4, 0.5) is 0 Å². The predicted molar refractivity (Wildman–Crippen MR) is 63.8 cm³/mol. The molecule has 0 spiro atoms. The zero-order chi connectivity index (χ0) is 12.1. The van der Waals surface area contributed by atoms with Crippen molar-refractivity contribution in [2.45, 2.75) is 13.1 Å². The molecule has 0 atom stereocenters. The number of phenolic OH excluding ortho intramolecular Hbond substituents is 1. The van der Waals surface area contributed by atoms with Crippen LogP contribution in [0.25, 0.3) is 0 Å². The first-order valence-electron chi connectivity index (χ1n) is 5.35. The Morgan fingerprint density at radius 2 is 2.24 bits per heavy atom. The molecule has 1 aromatic heterocycles. The lowest BCUT2D eigenvalue weighted by Gasteiger charge is -2.09. The van der Waals surface area contributed by atoms with Gasteiger partial charge in [-0.15, -0.1) is 0 Å². The number of methoxy groups -OCH3 is 1. The van der Waals surface area contributed by atoms with E-state index in [1.165, 1.54) is 7.11 Å². The minimum Gasteiger partial charge on any atom is -0.504 e. The molecule has 0 radical (unpaired) electrons. The van der Waals surface area contributed by atoms with Crippen molar-refractivity contribution < 1.29 is 9.84 Å². The largest absolute Gasteiger partial charge is 0.504 e. The van der Waals surface area contributed by atoms with E-state index in [0.717, 1.165) is 11.3 Å². The van der Waals surface area contributed by atoms with Crippen LogP contribution < -0.4 is 10.1 Å². The van der Waals surface area contributed by atoms with Gasteiger partial charge in [0.25, 0.3) is 0 Å². The van der Waals surface area contributed by atoms with Gasteiger partial charge in [-0.3, -0.25) is 5.10 Å². The molecule has 2 aromatic rings. The summed E-state index contributed by atoms with van der Waals surface area (Å²) in [4.78, 5) is 0. The molecule has 1 heterocycles. The number of para-hydroxylation sites is 1. The number of hydrogen-bond acceptors (Lipinski definition) is 4. The molecule has 5 nitrogen and oxygen atoms in total. The Morgan fingerprint density at radius 1 is 1.35 bits per heavy atom. The Hall–Kier alpha value is -2.01. The van der Waals surface area contributed by atoms with E-state index in [1.807, 2.05) is 18.2 Å². The van der Waals surface area contributed by atoms with E-state index < -0.39 is 0 Å². The number of benzene rings is 1. The van der Waals surface area contributed by atoms with Crippen molar-refractivity contribution in [3.63, 3.8) is 0 Å². The molecule has 0 aliphatic rings. The molecular formula is C12H15N3O2. The van der Waals surface area contributed by atoms with Gasteiger partial charge >= 0.3 is 0 Å². The zero-order valence-electron chi connectivity index (χ0n) is 9.60. The normalized spacial score (nSPS) is 10.4. The Kier molecular flexibility index (Phi) is 3.62. The van der Waals surface area contributed by atoms with Crippen molar-refractivity contribution >= 4 is 0 Å².